The van der Waals surface area contributed by atoms with Crippen LogP contribution in [0.15, 0.2) is 29.0 Å². The highest BCUT2D eigenvalue weighted by Gasteiger charge is 2.27. The van der Waals surface area contributed by atoms with E-state index in [2.05, 4.69) is 4.98 Å². The highest BCUT2D eigenvalue weighted by molar-refractivity contribution is 7.08. The van der Waals surface area contributed by atoms with Crippen molar-refractivity contribution in [3.05, 3.63) is 45.8 Å². The van der Waals surface area contributed by atoms with Crippen LogP contribution in [0, 0.1) is 6.92 Å². The summed E-state index contributed by atoms with van der Waals surface area (Å²) in [5.74, 6) is 0.261. The maximum Gasteiger partial charge on any atom is 0.259 e. The molecule has 0 unspecified atom stereocenters. The molecule has 1 aliphatic heterocycles. The number of amides is 2. The van der Waals surface area contributed by atoms with E-state index in [0.29, 0.717) is 43.2 Å². The SMILES string of the molecule is COc1nc(C)ccc1C(=O)N1CCN(C(=O)c2ccsc2)CC1. The van der Waals surface area contributed by atoms with Gasteiger partial charge in [-0.1, -0.05) is 0 Å². The predicted molar refractivity (Wildman–Crippen MR) is 91.7 cm³/mol. The number of nitrogens with zero attached hydrogens (tertiary/aromatic N) is 3. The highest BCUT2D eigenvalue weighted by Crippen LogP contribution is 2.19. The zero-order chi connectivity index (χ0) is 17.1. The molecule has 0 N–H and O–H groups in total. The van der Waals surface area contributed by atoms with Crippen LogP contribution in [-0.4, -0.2) is 59.9 Å². The summed E-state index contributed by atoms with van der Waals surface area (Å²) in [6, 6.07) is 5.37. The summed E-state index contributed by atoms with van der Waals surface area (Å²) in [5, 5.41) is 3.74. The highest BCUT2D eigenvalue weighted by atomic mass is 32.1. The van der Waals surface area contributed by atoms with E-state index in [4.69, 9.17) is 4.74 Å². The van der Waals surface area contributed by atoms with Gasteiger partial charge in [-0.05, 0) is 30.5 Å². The number of rotatable bonds is 3. The van der Waals surface area contributed by atoms with Gasteiger partial charge < -0.3 is 14.5 Å². The van der Waals surface area contributed by atoms with Crippen molar-refractivity contribution >= 4 is 23.2 Å². The second-order valence-electron chi connectivity index (χ2n) is 5.61. The number of thiophene rings is 1. The Hall–Kier alpha value is -2.41. The number of piperazine rings is 1. The van der Waals surface area contributed by atoms with Crippen molar-refractivity contribution in [1.82, 2.24) is 14.8 Å². The topological polar surface area (TPSA) is 62.7 Å². The van der Waals surface area contributed by atoms with E-state index in [9.17, 15) is 9.59 Å². The average molecular weight is 345 g/mol. The van der Waals surface area contributed by atoms with Crippen LogP contribution in [0.1, 0.15) is 26.4 Å². The summed E-state index contributed by atoms with van der Waals surface area (Å²) in [6.07, 6.45) is 0. The van der Waals surface area contributed by atoms with Crippen molar-refractivity contribution in [2.75, 3.05) is 33.3 Å². The predicted octanol–water partition coefficient (Wildman–Crippen LogP) is 2.06. The minimum atomic E-state index is -0.109. The van der Waals surface area contributed by atoms with E-state index >= 15 is 0 Å². The molecule has 0 bridgehead atoms. The van der Waals surface area contributed by atoms with Gasteiger partial charge in [-0.25, -0.2) is 4.98 Å². The van der Waals surface area contributed by atoms with Crippen LogP contribution in [-0.2, 0) is 0 Å². The summed E-state index contributed by atoms with van der Waals surface area (Å²) >= 11 is 1.51. The third kappa shape index (κ3) is 3.26. The summed E-state index contributed by atoms with van der Waals surface area (Å²) < 4.78 is 5.22. The molecular weight excluding hydrogens is 326 g/mol. The number of carbonyl (C=O) groups is 2. The monoisotopic (exact) mass is 345 g/mol. The molecular formula is C17H19N3O3S. The molecule has 1 saturated heterocycles. The molecule has 2 aromatic rings. The number of hydrogen-bond acceptors (Lipinski definition) is 5. The zero-order valence-electron chi connectivity index (χ0n) is 13.7. The van der Waals surface area contributed by atoms with Gasteiger partial charge in [0.05, 0.1) is 12.7 Å². The van der Waals surface area contributed by atoms with Crippen LogP contribution in [0.3, 0.4) is 0 Å². The van der Waals surface area contributed by atoms with E-state index in [0.717, 1.165) is 5.69 Å². The van der Waals surface area contributed by atoms with Crippen LogP contribution >= 0.6 is 11.3 Å². The van der Waals surface area contributed by atoms with Gasteiger partial charge in [-0.3, -0.25) is 9.59 Å². The zero-order valence-corrected chi connectivity index (χ0v) is 14.5. The third-order valence-corrected chi connectivity index (χ3v) is 4.73. The summed E-state index contributed by atoms with van der Waals surface area (Å²) in [5.41, 5.74) is 1.97. The van der Waals surface area contributed by atoms with Gasteiger partial charge in [-0.2, -0.15) is 11.3 Å². The first-order valence-electron chi connectivity index (χ1n) is 7.72. The lowest BCUT2D eigenvalue weighted by molar-refractivity contribution is 0.0533. The first-order valence-corrected chi connectivity index (χ1v) is 8.67. The molecule has 0 saturated carbocycles. The Kier molecular flexibility index (Phi) is 4.80. The molecule has 126 valence electrons. The number of hydrogen-bond donors (Lipinski definition) is 0. The molecule has 2 amide bonds. The minimum Gasteiger partial charge on any atom is -0.480 e. The summed E-state index contributed by atoms with van der Waals surface area (Å²) in [7, 11) is 1.51. The number of pyridine rings is 1. The van der Waals surface area contributed by atoms with Crippen molar-refractivity contribution in [3.8, 4) is 5.88 Å². The molecule has 1 aliphatic rings. The van der Waals surface area contributed by atoms with Gasteiger partial charge in [0, 0.05) is 37.3 Å². The van der Waals surface area contributed by atoms with Gasteiger partial charge >= 0.3 is 0 Å². The number of methoxy groups -OCH3 is 1. The fraction of sp³-hybridized carbons (Fsp3) is 0.353. The van der Waals surface area contributed by atoms with Gasteiger partial charge in [-0.15, -0.1) is 0 Å². The van der Waals surface area contributed by atoms with Crippen LogP contribution in [0.25, 0.3) is 0 Å². The Morgan fingerprint density at radius 2 is 1.75 bits per heavy atom. The fourth-order valence-electron chi connectivity index (χ4n) is 2.70. The fourth-order valence-corrected chi connectivity index (χ4v) is 3.33. The lowest BCUT2D eigenvalue weighted by Gasteiger charge is -2.34. The van der Waals surface area contributed by atoms with Gasteiger partial charge in [0.2, 0.25) is 5.88 Å². The molecule has 24 heavy (non-hydrogen) atoms. The molecule has 0 aromatic carbocycles. The maximum absolute atomic E-state index is 12.7. The van der Waals surface area contributed by atoms with E-state index in [-0.39, 0.29) is 11.8 Å². The molecule has 0 aliphatic carbocycles. The van der Waals surface area contributed by atoms with Gasteiger partial charge in [0.1, 0.15) is 5.56 Å². The molecule has 6 nitrogen and oxygen atoms in total. The van der Waals surface area contributed by atoms with Crippen molar-refractivity contribution in [1.29, 1.82) is 0 Å². The van der Waals surface area contributed by atoms with Crippen molar-refractivity contribution in [2.45, 2.75) is 6.92 Å². The first-order chi connectivity index (χ1) is 11.6. The minimum absolute atomic E-state index is 0.0259. The Labute approximate surface area is 144 Å². The van der Waals surface area contributed by atoms with Crippen molar-refractivity contribution in [2.24, 2.45) is 0 Å². The van der Waals surface area contributed by atoms with E-state index in [1.54, 1.807) is 21.9 Å². The summed E-state index contributed by atoms with van der Waals surface area (Å²) in [6.45, 7) is 3.92. The second kappa shape index (κ2) is 7.00. The lowest BCUT2D eigenvalue weighted by Crippen LogP contribution is -2.50. The Balaban J connectivity index is 1.66. The number of carbonyl (C=O) groups excluding carboxylic acids is 2. The number of aryl methyl sites for hydroxylation is 1. The number of aromatic nitrogens is 1. The second-order valence-corrected chi connectivity index (χ2v) is 6.39. The van der Waals surface area contributed by atoms with Crippen LogP contribution in [0.5, 0.6) is 5.88 Å². The van der Waals surface area contributed by atoms with Crippen molar-refractivity contribution < 1.29 is 14.3 Å². The standard InChI is InChI=1S/C17H19N3O3S/c1-12-3-4-14(15(18-12)23-2)17(22)20-8-6-19(7-9-20)16(21)13-5-10-24-11-13/h3-5,10-11H,6-9H2,1-2H3. The van der Waals surface area contributed by atoms with E-state index < -0.39 is 0 Å². The van der Waals surface area contributed by atoms with Gasteiger partial charge in [0.15, 0.2) is 0 Å². The Morgan fingerprint density at radius 1 is 1.08 bits per heavy atom. The molecule has 7 heteroatoms. The van der Waals surface area contributed by atoms with Crippen LogP contribution in [0.2, 0.25) is 0 Å². The Bertz CT molecular complexity index is 738. The Morgan fingerprint density at radius 3 is 2.33 bits per heavy atom. The van der Waals surface area contributed by atoms with E-state index in [1.165, 1.54) is 18.4 Å². The molecule has 0 spiro atoms. The summed E-state index contributed by atoms with van der Waals surface area (Å²) in [4.78, 5) is 32.8. The maximum atomic E-state index is 12.7. The molecule has 0 radical (unpaired) electrons. The largest absolute Gasteiger partial charge is 0.480 e. The first kappa shape index (κ1) is 16.4. The lowest BCUT2D eigenvalue weighted by atomic mass is 10.2. The van der Waals surface area contributed by atoms with E-state index in [1.807, 2.05) is 23.8 Å². The third-order valence-electron chi connectivity index (χ3n) is 4.05. The smallest absolute Gasteiger partial charge is 0.259 e. The molecule has 3 rings (SSSR count). The quantitative estimate of drug-likeness (QED) is 0.854. The molecule has 3 heterocycles. The normalized spacial score (nSPS) is 14.6. The average Bonchev–Trinajstić information content (AvgIpc) is 3.15. The van der Waals surface area contributed by atoms with Crippen LogP contribution in [0.4, 0.5) is 0 Å². The van der Waals surface area contributed by atoms with Gasteiger partial charge in [0.25, 0.3) is 11.8 Å². The number of ether oxygens (including phenoxy) is 1. The molecule has 2 aromatic heterocycles. The van der Waals surface area contributed by atoms with Crippen LogP contribution < -0.4 is 4.74 Å². The molecule has 1 fully saturated rings. The van der Waals surface area contributed by atoms with Crippen molar-refractivity contribution in [3.63, 3.8) is 0 Å². The molecule has 0 atom stereocenters.